The van der Waals surface area contributed by atoms with E-state index in [2.05, 4.69) is 10.3 Å². The van der Waals surface area contributed by atoms with Crippen molar-refractivity contribution in [1.29, 1.82) is 0 Å². The minimum absolute atomic E-state index is 0.235. The summed E-state index contributed by atoms with van der Waals surface area (Å²) in [4.78, 5) is 15.1. The summed E-state index contributed by atoms with van der Waals surface area (Å²) >= 11 is 12.7. The fourth-order valence-electron chi connectivity index (χ4n) is 3.79. The maximum absolute atomic E-state index is 11.9. The molecule has 1 heterocycles. The van der Waals surface area contributed by atoms with Crippen LogP contribution in [0.25, 0.3) is 10.9 Å². The smallest absolute Gasteiger partial charge is 0.321 e. The van der Waals surface area contributed by atoms with E-state index in [1.54, 1.807) is 18.2 Å². The molecule has 3 N–H and O–H groups in total. The summed E-state index contributed by atoms with van der Waals surface area (Å²) in [7, 11) is 1.53. The lowest BCUT2D eigenvalue weighted by atomic mass is 10.0. The number of halogens is 2. The van der Waals surface area contributed by atoms with Gasteiger partial charge < -0.3 is 24.9 Å². The van der Waals surface area contributed by atoms with Crippen molar-refractivity contribution in [3.05, 3.63) is 93.6 Å². The lowest BCUT2D eigenvalue weighted by Gasteiger charge is -2.17. The van der Waals surface area contributed by atoms with Crippen LogP contribution in [0.3, 0.4) is 0 Å². The van der Waals surface area contributed by atoms with E-state index in [0.29, 0.717) is 34.5 Å². The van der Waals surface area contributed by atoms with Crippen molar-refractivity contribution in [2.24, 2.45) is 0 Å². The molecule has 1 atom stereocenters. The highest BCUT2D eigenvalue weighted by Crippen LogP contribution is 2.37. The predicted molar refractivity (Wildman–Crippen MR) is 134 cm³/mol. The molecule has 0 aliphatic rings. The number of H-pyrrole nitrogens is 1. The van der Waals surface area contributed by atoms with Gasteiger partial charge in [0.2, 0.25) is 0 Å². The van der Waals surface area contributed by atoms with E-state index in [0.717, 1.165) is 27.6 Å². The van der Waals surface area contributed by atoms with Crippen LogP contribution in [0, 0.1) is 0 Å². The number of methoxy groups -OCH3 is 1. The van der Waals surface area contributed by atoms with Gasteiger partial charge in [0.1, 0.15) is 12.6 Å². The van der Waals surface area contributed by atoms with Gasteiger partial charge in [-0.1, -0.05) is 59.6 Å². The maximum Gasteiger partial charge on any atom is 0.321 e. The van der Waals surface area contributed by atoms with Crippen LogP contribution in [0.5, 0.6) is 11.5 Å². The summed E-state index contributed by atoms with van der Waals surface area (Å²) in [6.07, 6.45) is 2.19. The minimum atomic E-state index is -0.928. The molecule has 4 rings (SSSR count). The number of rotatable bonds is 10. The van der Waals surface area contributed by atoms with Crippen LogP contribution < -0.4 is 14.8 Å². The Morgan fingerprint density at radius 1 is 1.06 bits per heavy atom. The normalized spacial score (nSPS) is 12.0. The topological polar surface area (TPSA) is 83.6 Å². The number of ether oxygens (including phenoxy) is 2. The van der Waals surface area contributed by atoms with E-state index in [1.165, 1.54) is 7.11 Å². The van der Waals surface area contributed by atoms with Crippen LogP contribution in [0.1, 0.15) is 16.7 Å². The van der Waals surface area contributed by atoms with Gasteiger partial charge in [-0.3, -0.25) is 4.79 Å². The molecule has 0 aliphatic heterocycles. The Balaban J connectivity index is 1.46. The molecule has 0 amide bonds. The molecule has 0 bridgehead atoms. The number of benzene rings is 3. The quantitative estimate of drug-likeness (QED) is 0.255. The second kappa shape index (κ2) is 10.8. The Labute approximate surface area is 207 Å². The molecule has 0 saturated carbocycles. The number of carboxylic acids is 1. The highest BCUT2D eigenvalue weighted by Gasteiger charge is 2.20. The highest BCUT2D eigenvalue weighted by atomic mass is 35.5. The Kier molecular flexibility index (Phi) is 7.63. The average Bonchev–Trinajstić information content (AvgIpc) is 3.24. The molecular weight excluding hydrogens is 475 g/mol. The molecule has 0 radical (unpaired) electrons. The Hall–Kier alpha value is -3.19. The molecule has 1 aromatic heterocycles. The molecule has 1 unspecified atom stereocenters. The number of aromatic nitrogens is 1. The van der Waals surface area contributed by atoms with Gasteiger partial charge in [-0.05, 0) is 35.4 Å². The third-order valence-corrected chi connectivity index (χ3v) is 6.22. The summed E-state index contributed by atoms with van der Waals surface area (Å²) in [5, 5.41) is 14.9. The van der Waals surface area contributed by atoms with Crippen LogP contribution in [-0.2, 0) is 24.4 Å². The van der Waals surface area contributed by atoms with Gasteiger partial charge in [-0.25, -0.2) is 0 Å². The van der Waals surface area contributed by atoms with Gasteiger partial charge in [0.15, 0.2) is 11.5 Å². The molecule has 0 aliphatic carbocycles. The number of aromatic amines is 1. The molecule has 6 nitrogen and oxygen atoms in total. The van der Waals surface area contributed by atoms with E-state index in [9.17, 15) is 9.90 Å². The van der Waals surface area contributed by atoms with Gasteiger partial charge >= 0.3 is 5.97 Å². The van der Waals surface area contributed by atoms with Crippen molar-refractivity contribution in [3.8, 4) is 11.5 Å². The van der Waals surface area contributed by atoms with Gasteiger partial charge in [0, 0.05) is 40.7 Å². The Morgan fingerprint density at radius 3 is 2.59 bits per heavy atom. The largest absolute Gasteiger partial charge is 0.493 e. The van der Waals surface area contributed by atoms with Gasteiger partial charge in [0.05, 0.1) is 12.1 Å². The Bertz CT molecular complexity index is 1310. The van der Waals surface area contributed by atoms with Crippen LogP contribution in [0.15, 0.2) is 66.9 Å². The van der Waals surface area contributed by atoms with E-state index in [4.69, 9.17) is 32.7 Å². The fourth-order valence-corrected chi connectivity index (χ4v) is 4.27. The number of aliphatic carboxylic acids is 1. The van der Waals surface area contributed by atoms with Crippen molar-refractivity contribution in [2.75, 3.05) is 7.11 Å². The predicted octanol–water partition coefficient (Wildman–Crippen LogP) is 5.85. The van der Waals surface area contributed by atoms with Crippen LogP contribution in [0.4, 0.5) is 0 Å². The van der Waals surface area contributed by atoms with Gasteiger partial charge in [-0.15, -0.1) is 0 Å². The van der Waals surface area contributed by atoms with E-state index in [-0.39, 0.29) is 6.61 Å². The zero-order chi connectivity index (χ0) is 24.1. The van der Waals surface area contributed by atoms with Crippen LogP contribution in [-0.4, -0.2) is 29.2 Å². The summed E-state index contributed by atoms with van der Waals surface area (Å²) < 4.78 is 11.4. The number of hydrogen-bond acceptors (Lipinski definition) is 4. The fraction of sp³-hybridized carbons (Fsp3) is 0.192. The molecule has 176 valence electrons. The molecule has 0 fully saturated rings. The second-order valence-electron chi connectivity index (χ2n) is 7.82. The van der Waals surface area contributed by atoms with Crippen LogP contribution >= 0.6 is 23.2 Å². The molecule has 8 heteroatoms. The average molecular weight is 499 g/mol. The van der Waals surface area contributed by atoms with Gasteiger partial charge in [0.25, 0.3) is 0 Å². The summed E-state index contributed by atoms with van der Waals surface area (Å²) in [5.74, 6) is -0.0655. The number of nitrogens with one attached hydrogen (secondary N) is 2. The second-order valence-corrected chi connectivity index (χ2v) is 8.64. The number of hydrogen-bond donors (Lipinski definition) is 3. The third-order valence-electron chi connectivity index (χ3n) is 5.57. The Morgan fingerprint density at radius 2 is 1.82 bits per heavy atom. The third kappa shape index (κ3) is 5.47. The first-order valence-corrected chi connectivity index (χ1v) is 11.5. The summed E-state index contributed by atoms with van der Waals surface area (Å²) in [5.41, 5.74) is 3.52. The lowest BCUT2D eigenvalue weighted by Crippen LogP contribution is -2.38. The van der Waals surface area contributed by atoms with Crippen molar-refractivity contribution >= 4 is 40.1 Å². The molecule has 4 aromatic rings. The van der Waals surface area contributed by atoms with E-state index >= 15 is 0 Å². The van der Waals surface area contributed by atoms with Crippen molar-refractivity contribution in [2.45, 2.75) is 25.6 Å². The van der Waals surface area contributed by atoms with Crippen LogP contribution in [0.2, 0.25) is 10.0 Å². The highest BCUT2D eigenvalue weighted by molar-refractivity contribution is 6.32. The van der Waals surface area contributed by atoms with Crippen molar-refractivity contribution < 1.29 is 19.4 Å². The number of carbonyl (C=O) groups is 1. The number of carboxylic acid groups (broad SMARTS) is 1. The number of fused-ring (bicyclic) bond motifs is 1. The minimum Gasteiger partial charge on any atom is -0.493 e. The van der Waals surface area contributed by atoms with Gasteiger partial charge in [-0.2, -0.15) is 0 Å². The van der Waals surface area contributed by atoms with Crippen molar-refractivity contribution in [1.82, 2.24) is 10.3 Å². The molecule has 0 saturated heterocycles. The molecule has 34 heavy (non-hydrogen) atoms. The first-order valence-electron chi connectivity index (χ1n) is 10.7. The van der Waals surface area contributed by atoms with E-state index < -0.39 is 12.0 Å². The number of para-hydroxylation sites is 1. The standard InChI is InChI=1S/C26H24Cl2N2O4/c1-33-24-11-16(10-21(28)25(24)34-15-17-6-2-4-8-20(17)27)13-29-23(26(31)32)12-18-14-30-22-9-5-3-7-19(18)22/h2-11,14,23,29-30H,12-13,15H2,1H3,(H,31,32). The zero-order valence-electron chi connectivity index (χ0n) is 18.5. The molecule has 0 spiro atoms. The maximum atomic E-state index is 11.9. The molecule has 3 aromatic carbocycles. The first kappa shape index (κ1) is 24.0. The summed E-state index contributed by atoms with van der Waals surface area (Å²) in [6, 6.07) is 18.0. The zero-order valence-corrected chi connectivity index (χ0v) is 20.0. The SMILES string of the molecule is COc1cc(CNC(Cc2c[nH]c3ccccc23)C(=O)O)cc(Cl)c1OCc1ccccc1Cl. The summed E-state index contributed by atoms with van der Waals surface area (Å²) in [6.45, 7) is 0.527. The molecular formula is C26H24Cl2N2O4. The van der Waals surface area contributed by atoms with Crippen molar-refractivity contribution in [3.63, 3.8) is 0 Å². The first-order chi connectivity index (χ1) is 16.5. The van der Waals surface area contributed by atoms with E-state index in [1.807, 2.05) is 48.7 Å². The lowest BCUT2D eigenvalue weighted by molar-refractivity contribution is -0.139. The monoisotopic (exact) mass is 498 g/mol.